The number of nitrogens with two attached hydrogens (primary N) is 1. The van der Waals surface area contributed by atoms with Crippen LogP contribution in [-0.4, -0.2) is 23.3 Å². The standard InChI is InChI=1S/C18H16F2N4O/c1-11-18-14(20)3-2-4-15(18)22-16(10-21)24(11)23-17(25)9-12-5-7-13(19)8-6-12/h2-8H,1,9-10,21H2,(H,23,25). The Morgan fingerprint density at radius 1 is 1.20 bits per heavy atom. The lowest BCUT2D eigenvalue weighted by molar-refractivity contribution is -0.122. The molecule has 0 spiro atoms. The lowest BCUT2D eigenvalue weighted by Gasteiger charge is -2.32. The number of hydrogen-bond acceptors (Lipinski definition) is 4. The summed E-state index contributed by atoms with van der Waals surface area (Å²) < 4.78 is 27.1. The fraction of sp³-hybridized carbons (Fsp3) is 0.111. The first-order valence-corrected chi connectivity index (χ1v) is 7.59. The third kappa shape index (κ3) is 3.41. The SMILES string of the molecule is C=C1c2c(F)cccc2N=C(CN)N1NC(=O)Cc1ccc(F)cc1. The molecule has 1 heterocycles. The smallest absolute Gasteiger partial charge is 0.243 e. The molecule has 5 nitrogen and oxygen atoms in total. The highest BCUT2D eigenvalue weighted by molar-refractivity contribution is 6.00. The number of hydrazine groups is 1. The quantitative estimate of drug-likeness (QED) is 0.897. The molecule has 2 aromatic carbocycles. The van der Waals surface area contributed by atoms with Gasteiger partial charge in [0.2, 0.25) is 5.91 Å². The van der Waals surface area contributed by atoms with Crippen LogP contribution in [-0.2, 0) is 11.2 Å². The zero-order valence-electron chi connectivity index (χ0n) is 13.3. The molecule has 0 saturated heterocycles. The largest absolute Gasteiger partial charge is 0.324 e. The van der Waals surface area contributed by atoms with Gasteiger partial charge in [0.15, 0.2) is 0 Å². The summed E-state index contributed by atoms with van der Waals surface area (Å²) in [6.07, 6.45) is 0.0199. The van der Waals surface area contributed by atoms with Gasteiger partial charge in [-0.15, -0.1) is 0 Å². The zero-order valence-corrected chi connectivity index (χ0v) is 13.3. The van der Waals surface area contributed by atoms with Gasteiger partial charge in [0.05, 0.1) is 29.9 Å². The number of nitrogens with one attached hydrogen (secondary N) is 1. The normalized spacial score (nSPS) is 13.3. The molecule has 0 aliphatic carbocycles. The second-order valence-electron chi connectivity index (χ2n) is 5.49. The molecule has 1 aliphatic rings. The van der Waals surface area contributed by atoms with Crippen LogP contribution in [0, 0.1) is 11.6 Å². The van der Waals surface area contributed by atoms with Crippen LogP contribution in [0.4, 0.5) is 14.5 Å². The van der Waals surface area contributed by atoms with E-state index >= 15 is 0 Å². The summed E-state index contributed by atoms with van der Waals surface area (Å²) in [6.45, 7) is 3.89. The van der Waals surface area contributed by atoms with E-state index in [0.717, 1.165) is 0 Å². The fourth-order valence-electron chi connectivity index (χ4n) is 2.57. The van der Waals surface area contributed by atoms with Gasteiger partial charge in [0.25, 0.3) is 0 Å². The van der Waals surface area contributed by atoms with Crippen molar-refractivity contribution in [3.05, 3.63) is 71.8 Å². The minimum absolute atomic E-state index is 0.0199. The fourth-order valence-corrected chi connectivity index (χ4v) is 2.57. The van der Waals surface area contributed by atoms with Crippen LogP contribution in [0.2, 0.25) is 0 Å². The maximum atomic E-state index is 14.1. The van der Waals surface area contributed by atoms with Crippen LogP contribution < -0.4 is 11.2 Å². The Morgan fingerprint density at radius 3 is 2.60 bits per heavy atom. The third-order valence-electron chi connectivity index (χ3n) is 3.75. The van der Waals surface area contributed by atoms with Crippen molar-refractivity contribution in [3.63, 3.8) is 0 Å². The molecule has 0 aromatic heterocycles. The predicted octanol–water partition coefficient (Wildman–Crippen LogP) is 2.51. The highest BCUT2D eigenvalue weighted by atomic mass is 19.1. The molecule has 0 bridgehead atoms. The minimum Gasteiger partial charge on any atom is -0.324 e. The molecule has 1 aliphatic heterocycles. The Hall–Kier alpha value is -3.06. The van der Waals surface area contributed by atoms with E-state index < -0.39 is 5.82 Å². The van der Waals surface area contributed by atoms with E-state index in [1.165, 1.54) is 35.3 Å². The average Bonchev–Trinajstić information content (AvgIpc) is 2.59. The third-order valence-corrected chi connectivity index (χ3v) is 3.75. The molecule has 25 heavy (non-hydrogen) atoms. The molecule has 2 aromatic rings. The molecule has 7 heteroatoms. The summed E-state index contributed by atoms with van der Waals surface area (Å²) in [5.41, 5.74) is 9.83. The first-order valence-electron chi connectivity index (χ1n) is 7.59. The molecule has 128 valence electrons. The number of halogens is 2. The second-order valence-corrected chi connectivity index (χ2v) is 5.49. The number of carbonyl (C=O) groups is 1. The van der Waals surface area contributed by atoms with Crippen molar-refractivity contribution in [1.82, 2.24) is 10.4 Å². The molecular weight excluding hydrogens is 326 g/mol. The lowest BCUT2D eigenvalue weighted by Crippen LogP contribution is -2.48. The predicted molar refractivity (Wildman–Crippen MR) is 91.7 cm³/mol. The lowest BCUT2D eigenvalue weighted by atomic mass is 10.1. The molecule has 3 rings (SSSR count). The van der Waals surface area contributed by atoms with Gasteiger partial charge in [-0.3, -0.25) is 10.2 Å². The first-order chi connectivity index (χ1) is 12.0. The van der Waals surface area contributed by atoms with Crippen molar-refractivity contribution in [2.45, 2.75) is 6.42 Å². The molecule has 0 radical (unpaired) electrons. The van der Waals surface area contributed by atoms with Gasteiger partial charge in [-0.1, -0.05) is 24.8 Å². The van der Waals surface area contributed by atoms with Gasteiger partial charge in [0.1, 0.15) is 17.5 Å². The molecule has 0 atom stereocenters. The van der Waals surface area contributed by atoms with Crippen molar-refractivity contribution < 1.29 is 13.6 Å². The van der Waals surface area contributed by atoms with Crippen LogP contribution in [0.3, 0.4) is 0 Å². The van der Waals surface area contributed by atoms with Crippen molar-refractivity contribution in [3.8, 4) is 0 Å². The summed E-state index contributed by atoms with van der Waals surface area (Å²) in [4.78, 5) is 16.6. The molecule has 0 saturated carbocycles. The van der Waals surface area contributed by atoms with E-state index in [2.05, 4.69) is 17.0 Å². The number of benzene rings is 2. The average molecular weight is 342 g/mol. The monoisotopic (exact) mass is 342 g/mol. The Balaban J connectivity index is 1.82. The van der Waals surface area contributed by atoms with Gasteiger partial charge in [-0.25, -0.2) is 18.8 Å². The first kappa shape index (κ1) is 16.8. The van der Waals surface area contributed by atoms with Crippen LogP contribution in [0.15, 0.2) is 54.0 Å². The molecule has 0 fully saturated rings. The second kappa shape index (κ2) is 6.82. The summed E-state index contributed by atoms with van der Waals surface area (Å²) >= 11 is 0. The van der Waals surface area contributed by atoms with E-state index in [1.54, 1.807) is 12.1 Å². The van der Waals surface area contributed by atoms with Gasteiger partial charge >= 0.3 is 0 Å². The van der Waals surface area contributed by atoms with Gasteiger partial charge in [-0.2, -0.15) is 0 Å². The van der Waals surface area contributed by atoms with Crippen molar-refractivity contribution >= 4 is 23.1 Å². The summed E-state index contributed by atoms with van der Waals surface area (Å²) in [6, 6.07) is 10.1. The maximum absolute atomic E-state index is 14.1. The highest BCUT2D eigenvalue weighted by Gasteiger charge is 2.26. The summed E-state index contributed by atoms with van der Waals surface area (Å²) in [5.74, 6) is -0.900. The Bertz CT molecular complexity index is 862. The summed E-state index contributed by atoms with van der Waals surface area (Å²) in [7, 11) is 0. The Kier molecular flexibility index (Phi) is 4.58. The number of nitrogens with zero attached hydrogens (tertiary/aromatic N) is 2. The number of hydrogen-bond donors (Lipinski definition) is 2. The number of amides is 1. The number of fused-ring (bicyclic) bond motifs is 1. The van der Waals surface area contributed by atoms with Gasteiger partial charge in [0, 0.05) is 0 Å². The molecule has 3 N–H and O–H groups in total. The topological polar surface area (TPSA) is 70.7 Å². The maximum Gasteiger partial charge on any atom is 0.243 e. The van der Waals surface area contributed by atoms with Crippen LogP contribution in [0.5, 0.6) is 0 Å². The van der Waals surface area contributed by atoms with Crippen molar-refractivity contribution in [1.29, 1.82) is 0 Å². The van der Waals surface area contributed by atoms with E-state index in [9.17, 15) is 13.6 Å². The van der Waals surface area contributed by atoms with Crippen molar-refractivity contribution in [2.24, 2.45) is 10.7 Å². The number of carbonyl (C=O) groups excluding carboxylic acids is 1. The molecule has 0 unspecified atom stereocenters. The van der Waals surface area contributed by atoms with E-state index in [1.807, 2.05) is 0 Å². The van der Waals surface area contributed by atoms with E-state index in [4.69, 9.17) is 5.73 Å². The van der Waals surface area contributed by atoms with Crippen molar-refractivity contribution in [2.75, 3.05) is 6.54 Å². The van der Waals surface area contributed by atoms with Crippen LogP contribution in [0.1, 0.15) is 11.1 Å². The molecule has 1 amide bonds. The Morgan fingerprint density at radius 2 is 1.92 bits per heavy atom. The number of rotatable bonds is 4. The van der Waals surface area contributed by atoms with E-state index in [0.29, 0.717) is 17.1 Å². The highest BCUT2D eigenvalue weighted by Crippen LogP contribution is 2.33. The number of aliphatic imine (C=N–C) groups is 1. The van der Waals surface area contributed by atoms with Crippen LogP contribution >= 0.6 is 0 Å². The Labute approximate surface area is 143 Å². The minimum atomic E-state index is -0.486. The van der Waals surface area contributed by atoms with Crippen LogP contribution in [0.25, 0.3) is 5.70 Å². The zero-order chi connectivity index (χ0) is 18.0. The summed E-state index contributed by atoms with van der Waals surface area (Å²) in [5, 5.41) is 1.29. The van der Waals surface area contributed by atoms with Gasteiger partial charge < -0.3 is 5.73 Å². The molecular formula is C18H16F2N4O. The van der Waals surface area contributed by atoms with E-state index in [-0.39, 0.29) is 36.0 Å². The number of amidine groups is 1. The van der Waals surface area contributed by atoms with Gasteiger partial charge in [-0.05, 0) is 29.8 Å².